The Hall–Kier alpha value is -2.53. The molecule has 1 aliphatic rings. The predicted molar refractivity (Wildman–Crippen MR) is 94.3 cm³/mol. The monoisotopic (exact) mass is 359 g/mol. The van der Waals surface area contributed by atoms with E-state index in [1.807, 2.05) is 12.1 Å². The van der Waals surface area contributed by atoms with Crippen molar-refractivity contribution >= 4 is 23.5 Å². The molecule has 0 saturated heterocycles. The van der Waals surface area contributed by atoms with E-state index in [0.717, 1.165) is 30.4 Å². The molecule has 25 heavy (non-hydrogen) atoms. The van der Waals surface area contributed by atoms with Gasteiger partial charge in [-0.3, -0.25) is 4.79 Å². The van der Waals surface area contributed by atoms with Gasteiger partial charge in [0, 0.05) is 5.56 Å². The van der Waals surface area contributed by atoms with Gasteiger partial charge in [0.2, 0.25) is 0 Å². The van der Waals surface area contributed by atoms with Crippen molar-refractivity contribution in [2.75, 3.05) is 7.11 Å². The number of carbonyl (C=O) groups excluding carboxylic acids is 1. The van der Waals surface area contributed by atoms with Crippen molar-refractivity contribution in [3.8, 4) is 5.75 Å². The van der Waals surface area contributed by atoms with E-state index in [1.165, 1.54) is 13.2 Å². The molecule has 2 aromatic rings. The SMILES string of the molecule is COc1ccc(C(NC(=O)c2cccc3c2CCC3)C(=O)O)cc1Cl. The van der Waals surface area contributed by atoms with Crippen LogP contribution >= 0.6 is 11.6 Å². The minimum Gasteiger partial charge on any atom is -0.495 e. The quantitative estimate of drug-likeness (QED) is 0.858. The van der Waals surface area contributed by atoms with Crippen LogP contribution in [0, 0.1) is 0 Å². The van der Waals surface area contributed by atoms with Crippen LogP contribution in [-0.4, -0.2) is 24.1 Å². The summed E-state index contributed by atoms with van der Waals surface area (Å²) in [6.45, 7) is 0. The van der Waals surface area contributed by atoms with Crippen LogP contribution in [0.1, 0.15) is 39.5 Å². The average molecular weight is 360 g/mol. The molecule has 6 heteroatoms. The first-order valence-electron chi connectivity index (χ1n) is 7.99. The fourth-order valence-corrected chi connectivity index (χ4v) is 3.46. The number of rotatable bonds is 5. The van der Waals surface area contributed by atoms with Gasteiger partial charge in [-0.25, -0.2) is 4.79 Å². The Morgan fingerprint density at radius 3 is 2.72 bits per heavy atom. The molecule has 0 heterocycles. The summed E-state index contributed by atoms with van der Waals surface area (Å²) in [6, 6.07) is 9.05. The maximum Gasteiger partial charge on any atom is 0.330 e. The number of fused-ring (bicyclic) bond motifs is 1. The Kier molecular flexibility index (Phi) is 4.95. The van der Waals surface area contributed by atoms with Crippen LogP contribution < -0.4 is 10.1 Å². The van der Waals surface area contributed by atoms with Gasteiger partial charge in [0.1, 0.15) is 5.75 Å². The van der Waals surface area contributed by atoms with E-state index in [-0.39, 0.29) is 0 Å². The van der Waals surface area contributed by atoms with Gasteiger partial charge < -0.3 is 15.2 Å². The Labute approximate surface area is 150 Å². The fourth-order valence-electron chi connectivity index (χ4n) is 3.19. The number of hydrogen-bond acceptors (Lipinski definition) is 3. The number of aryl methyl sites for hydroxylation is 1. The van der Waals surface area contributed by atoms with Gasteiger partial charge in [0.25, 0.3) is 5.91 Å². The molecule has 3 rings (SSSR count). The third-order valence-corrected chi connectivity index (χ3v) is 4.72. The number of benzene rings is 2. The molecule has 0 spiro atoms. The van der Waals surface area contributed by atoms with Crippen molar-refractivity contribution in [1.29, 1.82) is 0 Å². The molecule has 1 atom stereocenters. The molecule has 5 nitrogen and oxygen atoms in total. The summed E-state index contributed by atoms with van der Waals surface area (Å²) in [5, 5.41) is 12.4. The standard InChI is InChI=1S/C19H18ClNO4/c1-25-16-9-8-12(10-15(16)20)17(19(23)24)21-18(22)14-7-3-5-11-4-2-6-13(11)14/h3,5,7-10,17H,2,4,6H2,1H3,(H,21,22)(H,23,24). The van der Waals surface area contributed by atoms with Gasteiger partial charge in [-0.05, 0) is 54.2 Å². The highest BCUT2D eigenvalue weighted by atomic mass is 35.5. The molecule has 130 valence electrons. The van der Waals surface area contributed by atoms with E-state index in [4.69, 9.17) is 16.3 Å². The number of ether oxygens (including phenoxy) is 1. The molecule has 2 N–H and O–H groups in total. The number of hydrogen-bond donors (Lipinski definition) is 2. The maximum absolute atomic E-state index is 12.7. The zero-order valence-electron chi connectivity index (χ0n) is 13.7. The number of amides is 1. The van der Waals surface area contributed by atoms with Crippen LogP contribution in [0.5, 0.6) is 5.75 Å². The first kappa shape index (κ1) is 17.3. The lowest BCUT2D eigenvalue weighted by Crippen LogP contribution is -2.34. The normalized spacial score (nSPS) is 13.8. The van der Waals surface area contributed by atoms with E-state index >= 15 is 0 Å². The lowest BCUT2D eigenvalue weighted by Gasteiger charge is -2.17. The fraction of sp³-hybridized carbons (Fsp3) is 0.263. The third kappa shape index (κ3) is 3.46. The molecule has 0 aromatic heterocycles. The Morgan fingerprint density at radius 1 is 1.24 bits per heavy atom. The molecule has 0 saturated carbocycles. The molecular formula is C19H18ClNO4. The smallest absolute Gasteiger partial charge is 0.330 e. The van der Waals surface area contributed by atoms with Crippen molar-refractivity contribution in [2.24, 2.45) is 0 Å². The van der Waals surface area contributed by atoms with Crippen molar-refractivity contribution in [2.45, 2.75) is 25.3 Å². The number of methoxy groups -OCH3 is 1. The summed E-state index contributed by atoms with van der Waals surface area (Å²) in [6.07, 6.45) is 2.80. The van der Waals surface area contributed by atoms with Crippen molar-refractivity contribution in [3.63, 3.8) is 0 Å². The van der Waals surface area contributed by atoms with E-state index in [1.54, 1.807) is 18.2 Å². The lowest BCUT2D eigenvalue weighted by atomic mass is 10.0. The van der Waals surface area contributed by atoms with E-state index in [9.17, 15) is 14.7 Å². The summed E-state index contributed by atoms with van der Waals surface area (Å²) in [7, 11) is 1.48. The minimum absolute atomic E-state index is 0.293. The number of nitrogens with one attached hydrogen (secondary N) is 1. The van der Waals surface area contributed by atoms with Gasteiger partial charge in [-0.1, -0.05) is 29.8 Å². The van der Waals surface area contributed by atoms with Crippen LogP contribution in [0.25, 0.3) is 0 Å². The van der Waals surface area contributed by atoms with Crippen molar-refractivity contribution < 1.29 is 19.4 Å². The highest BCUT2D eigenvalue weighted by molar-refractivity contribution is 6.32. The molecule has 0 radical (unpaired) electrons. The number of halogens is 1. The lowest BCUT2D eigenvalue weighted by molar-refractivity contribution is -0.139. The molecule has 1 amide bonds. The highest BCUT2D eigenvalue weighted by Gasteiger charge is 2.26. The van der Waals surface area contributed by atoms with Crippen LogP contribution in [0.2, 0.25) is 5.02 Å². The zero-order valence-corrected chi connectivity index (χ0v) is 14.5. The second kappa shape index (κ2) is 7.15. The van der Waals surface area contributed by atoms with E-state index in [2.05, 4.69) is 5.32 Å². The largest absolute Gasteiger partial charge is 0.495 e. The van der Waals surface area contributed by atoms with Crippen LogP contribution in [-0.2, 0) is 17.6 Å². The Bertz CT molecular complexity index is 834. The molecule has 2 aromatic carbocycles. The second-order valence-electron chi connectivity index (χ2n) is 5.94. The zero-order chi connectivity index (χ0) is 18.0. The number of carbonyl (C=O) groups is 2. The molecule has 1 unspecified atom stereocenters. The second-order valence-corrected chi connectivity index (χ2v) is 6.34. The summed E-state index contributed by atoms with van der Waals surface area (Å²) >= 11 is 6.08. The summed E-state index contributed by atoms with van der Waals surface area (Å²) < 4.78 is 5.07. The van der Waals surface area contributed by atoms with Crippen LogP contribution in [0.4, 0.5) is 0 Å². The predicted octanol–water partition coefficient (Wildman–Crippen LogP) is 3.39. The maximum atomic E-state index is 12.7. The first-order valence-corrected chi connectivity index (χ1v) is 8.37. The molecule has 0 aliphatic heterocycles. The number of carboxylic acids is 1. The van der Waals surface area contributed by atoms with Crippen LogP contribution in [0.3, 0.4) is 0 Å². The number of carboxylic acid groups (broad SMARTS) is 1. The summed E-state index contributed by atoms with van der Waals surface area (Å²) in [4.78, 5) is 24.3. The van der Waals surface area contributed by atoms with Gasteiger partial charge in [-0.2, -0.15) is 0 Å². The van der Waals surface area contributed by atoms with Crippen molar-refractivity contribution in [1.82, 2.24) is 5.32 Å². The summed E-state index contributed by atoms with van der Waals surface area (Å²) in [5.41, 5.74) is 3.10. The Morgan fingerprint density at radius 2 is 2.04 bits per heavy atom. The van der Waals surface area contributed by atoms with Gasteiger partial charge in [-0.15, -0.1) is 0 Å². The van der Waals surface area contributed by atoms with Gasteiger partial charge >= 0.3 is 5.97 Å². The molecule has 0 bridgehead atoms. The topological polar surface area (TPSA) is 75.6 Å². The molecular weight excluding hydrogens is 342 g/mol. The molecule has 1 aliphatic carbocycles. The number of aliphatic carboxylic acids is 1. The minimum atomic E-state index is -1.19. The summed E-state index contributed by atoms with van der Waals surface area (Å²) in [5.74, 6) is -1.10. The van der Waals surface area contributed by atoms with Crippen LogP contribution in [0.15, 0.2) is 36.4 Å². The first-order chi connectivity index (χ1) is 12.0. The van der Waals surface area contributed by atoms with Gasteiger partial charge in [0.15, 0.2) is 6.04 Å². The Balaban J connectivity index is 1.88. The van der Waals surface area contributed by atoms with E-state index in [0.29, 0.717) is 21.9 Å². The highest BCUT2D eigenvalue weighted by Crippen LogP contribution is 2.29. The van der Waals surface area contributed by atoms with E-state index < -0.39 is 17.9 Å². The van der Waals surface area contributed by atoms with Crippen molar-refractivity contribution in [3.05, 3.63) is 63.7 Å². The van der Waals surface area contributed by atoms with Gasteiger partial charge in [0.05, 0.1) is 12.1 Å². The molecule has 0 fully saturated rings. The third-order valence-electron chi connectivity index (χ3n) is 4.42. The average Bonchev–Trinajstić information content (AvgIpc) is 3.07.